The van der Waals surface area contributed by atoms with Gasteiger partial charge in [0.15, 0.2) is 0 Å². The number of anilines is 1. The van der Waals surface area contributed by atoms with Gasteiger partial charge >= 0.3 is 6.03 Å². The fraction of sp³-hybridized carbons (Fsp3) is 0.348. The number of carbonyl (C=O) groups excluding carboxylic acids is 3. The van der Waals surface area contributed by atoms with Crippen molar-refractivity contribution in [1.82, 2.24) is 10.2 Å². The van der Waals surface area contributed by atoms with Crippen molar-refractivity contribution in [2.45, 2.75) is 32.0 Å². The summed E-state index contributed by atoms with van der Waals surface area (Å²) in [5.41, 5.74) is 0.434. The molecule has 1 heterocycles. The van der Waals surface area contributed by atoms with Crippen LogP contribution in [0.25, 0.3) is 0 Å². The van der Waals surface area contributed by atoms with E-state index in [1.54, 1.807) is 44.2 Å². The number of hydrogen-bond donors (Lipinski definition) is 4. The Labute approximate surface area is 209 Å². The Kier molecular flexibility index (Phi) is 8.44. The van der Waals surface area contributed by atoms with Crippen LogP contribution in [0.4, 0.5) is 14.9 Å². The molecule has 0 radical (unpaired) electrons. The molecular weight excluding hydrogens is 560 g/mol. The van der Waals surface area contributed by atoms with Gasteiger partial charge in [-0.05, 0) is 64.4 Å². The second-order valence-corrected chi connectivity index (χ2v) is 9.36. The van der Waals surface area contributed by atoms with Crippen molar-refractivity contribution in [2.75, 3.05) is 18.5 Å². The van der Waals surface area contributed by atoms with Crippen LogP contribution in [-0.2, 0) is 9.59 Å². The van der Waals surface area contributed by atoms with Crippen LogP contribution in [0.15, 0.2) is 42.5 Å². The van der Waals surface area contributed by atoms with Gasteiger partial charge in [-0.1, -0.05) is 26.0 Å². The Morgan fingerprint density at radius 3 is 2.50 bits per heavy atom. The molecular formula is C23H25FIN3O6. The summed E-state index contributed by atoms with van der Waals surface area (Å²) in [6.07, 6.45) is -1.02. The fourth-order valence-corrected chi connectivity index (χ4v) is 3.95. The number of nitrogens with one attached hydrogen (secondary N) is 2. The van der Waals surface area contributed by atoms with Gasteiger partial charge in [-0.15, -0.1) is 0 Å². The molecule has 11 heteroatoms. The molecule has 3 rings (SSSR count). The van der Waals surface area contributed by atoms with Gasteiger partial charge in [0.25, 0.3) is 5.91 Å². The van der Waals surface area contributed by atoms with Gasteiger partial charge in [0.05, 0.1) is 12.3 Å². The first-order chi connectivity index (χ1) is 16.1. The number of halogens is 2. The van der Waals surface area contributed by atoms with Crippen molar-refractivity contribution >= 4 is 46.1 Å². The number of hydrogen-bond acceptors (Lipinski definition) is 6. The number of carbonyl (C=O) groups is 3. The standard InChI is InChI=1S/C23H25FIN3O6/c1-12(2)20(21(31)26-18-8-5-14(25)9-17(18)24)28-22(32)19(27-23(28)33)13-3-6-16(7-4-13)34-11-15(30)10-29/h3-9,12,15,19-20,29-30H,10-11H2,1-2H3,(H,26,31)(H,27,33)/t15-,19-,20+/m1/s1. The fourth-order valence-electron chi connectivity index (χ4n) is 3.50. The molecule has 0 aliphatic carbocycles. The molecule has 0 aromatic heterocycles. The van der Waals surface area contributed by atoms with Gasteiger partial charge in [0.2, 0.25) is 5.91 Å². The summed E-state index contributed by atoms with van der Waals surface area (Å²) in [6, 6.07) is 7.72. The molecule has 0 saturated carbocycles. The Balaban J connectivity index is 1.76. The number of benzene rings is 2. The zero-order chi connectivity index (χ0) is 25.0. The molecule has 4 amide bonds. The van der Waals surface area contributed by atoms with Gasteiger partial charge < -0.3 is 25.6 Å². The molecule has 1 fully saturated rings. The highest BCUT2D eigenvalue weighted by Gasteiger charge is 2.46. The Hall–Kier alpha value is -2.77. The molecule has 3 atom stereocenters. The molecule has 2 aromatic rings. The first kappa shape index (κ1) is 25.8. The van der Waals surface area contributed by atoms with E-state index in [1.165, 1.54) is 12.1 Å². The van der Waals surface area contributed by atoms with Gasteiger partial charge in [-0.25, -0.2) is 14.1 Å². The van der Waals surface area contributed by atoms with Gasteiger partial charge in [0, 0.05) is 3.57 Å². The van der Waals surface area contributed by atoms with Crippen LogP contribution in [0.5, 0.6) is 5.75 Å². The summed E-state index contributed by atoms with van der Waals surface area (Å²) >= 11 is 1.95. The highest BCUT2D eigenvalue weighted by atomic mass is 127. The van der Waals surface area contributed by atoms with Crippen LogP contribution in [0, 0.1) is 15.3 Å². The summed E-state index contributed by atoms with van der Waals surface area (Å²) in [7, 11) is 0. The molecule has 4 N–H and O–H groups in total. The van der Waals surface area contributed by atoms with Crippen molar-refractivity contribution in [3.63, 3.8) is 0 Å². The van der Waals surface area contributed by atoms with E-state index in [2.05, 4.69) is 10.6 Å². The van der Waals surface area contributed by atoms with Crippen LogP contribution in [0.2, 0.25) is 0 Å². The van der Waals surface area contributed by atoms with Crippen LogP contribution in [-0.4, -0.2) is 58.3 Å². The first-order valence-electron chi connectivity index (χ1n) is 10.5. The minimum atomic E-state index is -1.15. The topological polar surface area (TPSA) is 128 Å². The van der Waals surface area contributed by atoms with Crippen LogP contribution in [0.1, 0.15) is 25.5 Å². The molecule has 9 nitrogen and oxygen atoms in total. The second-order valence-electron chi connectivity index (χ2n) is 8.11. The molecule has 0 spiro atoms. The van der Waals surface area contributed by atoms with Crippen LogP contribution >= 0.6 is 22.6 Å². The third-order valence-corrected chi connectivity index (χ3v) is 5.88. The molecule has 1 aliphatic heterocycles. The predicted molar refractivity (Wildman–Crippen MR) is 130 cm³/mol. The third kappa shape index (κ3) is 5.83. The van der Waals surface area contributed by atoms with Crippen molar-refractivity contribution in [1.29, 1.82) is 0 Å². The lowest BCUT2D eigenvalue weighted by Crippen LogP contribution is -2.50. The van der Waals surface area contributed by atoms with Crippen LogP contribution in [0.3, 0.4) is 0 Å². The van der Waals surface area contributed by atoms with Gasteiger partial charge in [-0.3, -0.25) is 9.59 Å². The lowest BCUT2D eigenvalue weighted by Gasteiger charge is -2.27. The minimum Gasteiger partial charge on any atom is -0.491 e. The number of amides is 4. The van der Waals surface area contributed by atoms with E-state index < -0.39 is 54.4 Å². The number of nitrogens with zero attached hydrogens (tertiary/aromatic N) is 1. The summed E-state index contributed by atoms with van der Waals surface area (Å²) in [5, 5.41) is 23.3. The maximum Gasteiger partial charge on any atom is 0.325 e. The summed E-state index contributed by atoms with van der Waals surface area (Å²) in [6.45, 7) is 2.84. The molecule has 182 valence electrons. The number of aliphatic hydroxyl groups is 2. The average molecular weight is 585 g/mol. The van der Waals surface area contributed by atoms with Crippen molar-refractivity contribution in [2.24, 2.45) is 5.92 Å². The summed E-state index contributed by atoms with van der Waals surface area (Å²) in [5.74, 6) is -1.93. The number of ether oxygens (including phenoxy) is 1. The molecule has 2 aromatic carbocycles. The zero-order valence-electron chi connectivity index (χ0n) is 18.5. The zero-order valence-corrected chi connectivity index (χ0v) is 20.7. The summed E-state index contributed by atoms with van der Waals surface area (Å²) in [4.78, 5) is 39.8. The third-order valence-electron chi connectivity index (χ3n) is 5.20. The van der Waals surface area contributed by atoms with Gasteiger partial charge in [0.1, 0.15) is 36.4 Å². The van der Waals surface area contributed by atoms with Crippen LogP contribution < -0.4 is 15.4 Å². The molecule has 0 unspecified atom stereocenters. The lowest BCUT2D eigenvalue weighted by molar-refractivity contribution is -0.135. The molecule has 0 bridgehead atoms. The SMILES string of the molecule is CC(C)[C@@H](C(=O)Nc1ccc(I)cc1F)N1C(=O)N[C@H](c2ccc(OC[C@H](O)CO)cc2)C1=O. The van der Waals surface area contributed by atoms with E-state index >= 15 is 0 Å². The Morgan fingerprint density at radius 2 is 1.91 bits per heavy atom. The van der Waals surface area contributed by atoms with Crippen molar-refractivity contribution < 1.29 is 33.7 Å². The van der Waals surface area contributed by atoms with Gasteiger partial charge in [-0.2, -0.15) is 0 Å². The first-order valence-corrected chi connectivity index (χ1v) is 11.6. The normalized spacial score (nSPS) is 17.5. The number of rotatable bonds is 9. The Bertz CT molecular complexity index is 1070. The largest absolute Gasteiger partial charge is 0.491 e. The van der Waals surface area contributed by atoms with E-state index in [9.17, 15) is 23.9 Å². The van der Waals surface area contributed by atoms with E-state index in [-0.39, 0.29) is 12.3 Å². The molecule has 1 aliphatic rings. The number of imide groups is 1. The predicted octanol–water partition coefficient (Wildman–Crippen LogP) is 2.42. The summed E-state index contributed by atoms with van der Waals surface area (Å²) < 4.78 is 20.2. The quantitative estimate of drug-likeness (QED) is 0.265. The van der Waals surface area contributed by atoms with E-state index in [4.69, 9.17) is 9.84 Å². The lowest BCUT2D eigenvalue weighted by atomic mass is 10.0. The highest BCUT2D eigenvalue weighted by Crippen LogP contribution is 2.28. The monoisotopic (exact) mass is 585 g/mol. The Morgan fingerprint density at radius 1 is 1.24 bits per heavy atom. The maximum atomic E-state index is 14.2. The maximum absolute atomic E-state index is 14.2. The van der Waals surface area contributed by atoms with Crippen molar-refractivity contribution in [3.8, 4) is 5.75 Å². The minimum absolute atomic E-state index is 0.0402. The van der Waals surface area contributed by atoms with Crippen molar-refractivity contribution in [3.05, 3.63) is 57.4 Å². The number of urea groups is 1. The number of aliphatic hydroxyl groups excluding tert-OH is 2. The van der Waals surface area contributed by atoms with E-state index in [0.717, 1.165) is 4.90 Å². The molecule has 1 saturated heterocycles. The molecule has 34 heavy (non-hydrogen) atoms. The van der Waals surface area contributed by atoms with E-state index in [1.807, 2.05) is 22.6 Å². The smallest absolute Gasteiger partial charge is 0.325 e. The highest BCUT2D eigenvalue weighted by molar-refractivity contribution is 14.1. The average Bonchev–Trinajstić information content (AvgIpc) is 3.08. The van der Waals surface area contributed by atoms with E-state index in [0.29, 0.717) is 14.9 Å². The second kappa shape index (κ2) is 11.1.